The molecule has 3 aromatic rings. The topological polar surface area (TPSA) is 118 Å². The van der Waals surface area contributed by atoms with Gasteiger partial charge in [0.1, 0.15) is 12.4 Å². The number of rotatable bonds is 8. The van der Waals surface area contributed by atoms with E-state index in [2.05, 4.69) is 16.6 Å². The highest BCUT2D eigenvalue weighted by Gasteiger charge is 2.15. The standard InChI is InChI=1S/C23H18N4O4/c24-14-18-8-1-2-10-20(18)16-31-22-12-6-4-9-19(22)15-25-26-23(28)13-17-7-3-5-11-21(17)27(29)30/h1-12,15H,13,16H2,(H,26,28). The lowest BCUT2D eigenvalue weighted by molar-refractivity contribution is -0.385. The van der Waals surface area contributed by atoms with Crippen LogP contribution in [0.15, 0.2) is 77.9 Å². The van der Waals surface area contributed by atoms with E-state index in [1.54, 1.807) is 48.5 Å². The van der Waals surface area contributed by atoms with Gasteiger partial charge in [0.05, 0.1) is 29.2 Å². The van der Waals surface area contributed by atoms with Gasteiger partial charge in [-0.15, -0.1) is 0 Å². The first-order valence-electron chi connectivity index (χ1n) is 9.32. The molecule has 0 aromatic heterocycles. The van der Waals surface area contributed by atoms with E-state index in [4.69, 9.17) is 4.74 Å². The fourth-order valence-corrected chi connectivity index (χ4v) is 2.85. The van der Waals surface area contributed by atoms with Gasteiger partial charge in [-0.2, -0.15) is 10.4 Å². The number of benzene rings is 3. The number of amides is 1. The predicted octanol–water partition coefficient (Wildman–Crippen LogP) is 3.74. The third-order valence-electron chi connectivity index (χ3n) is 4.37. The van der Waals surface area contributed by atoms with E-state index >= 15 is 0 Å². The van der Waals surface area contributed by atoms with Crippen molar-refractivity contribution >= 4 is 17.8 Å². The summed E-state index contributed by atoms with van der Waals surface area (Å²) in [6, 6.07) is 22.5. The Morgan fingerprint density at radius 3 is 2.52 bits per heavy atom. The smallest absolute Gasteiger partial charge is 0.273 e. The monoisotopic (exact) mass is 414 g/mol. The molecule has 8 heteroatoms. The van der Waals surface area contributed by atoms with Crippen LogP contribution < -0.4 is 10.2 Å². The van der Waals surface area contributed by atoms with Crippen LogP contribution in [0.25, 0.3) is 0 Å². The number of hydrogen-bond acceptors (Lipinski definition) is 6. The summed E-state index contributed by atoms with van der Waals surface area (Å²) in [6.45, 7) is 0.207. The first-order chi connectivity index (χ1) is 15.1. The van der Waals surface area contributed by atoms with Crippen molar-refractivity contribution in [2.75, 3.05) is 0 Å². The van der Waals surface area contributed by atoms with Crippen molar-refractivity contribution < 1.29 is 14.5 Å². The zero-order chi connectivity index (χ0) is 22.1. The third-order valence-corrected chi connectivity index (χ3v) is 4.37. The zero-order valence-corrected chi connectivity index (χ0v) is 16.4. The molecule has 0 bridgehead atoms. The third kappa shape index (κ3) is 5.74. The second-order valence-electron chi connectivity index (χ2n) is 6.45. The number of para-hydroxylation sites is 2. The maximum absolute atomic E-state index is 12.1. The maximum atomic E-state index is 12.1. The van der Waals surface area contributed by atoms with Gasteiger partial charge in [-0.3, -0.25) is 14.9 Å². The number of carbonyl (C=O) groups is 1. The Morgan fingerprint density at radius 1 is 1.06 bits per heavy atom. The molecule has 3 rings (SSSR count). The quantitative estimate of drug-likeness (QED) is 0.342. The molecule has 154 valence electrons. The molecule has 0 heterocycles. The molecule has 0 aliphatic heterocycles. The second-order valence-corrected chi connectivity index (χ2v) is 6.45. The molecular weight excluding hydrogens is 396 g/mol. The number of ether oxygens (including phenoxy) is 1. The molecule has 0 saturated carbocycles. The summed E-state index contributed by atoms with van der Waals surface area (Å²) < 4.78 is 5.83. The number of nitro benzene ring substituents is 1. The molecule has 0 spiro atoms. The van der Waals surface area contributed by atoms with Crippen LogP contribution in [0.2, 0.25) is 0 Å². The van der Waals surface area contributed by atoms with Crippen molar-refractivity contribution in [3.8, 4) is 11.8 Å². The van der Waals surface area contributed by atoms with E-state index < -0.39 is 10.8 Å². The minimum absolute atomic E-state index is 0.113. The van der Waals surface area contributed by atoms with Gasteiger partial charge in [-0.1, -0.05) is 48.5 Å². The number of hydrogen-bond donors (Lipinski definition) is 1. The van der Waals surface area contributed by atoms with Gasteiger partial charge in [0.15, 0.2) is 0 Å². The maximum Gasteiger partial charge on any atom is 0.273 e. The van der Waals surface area contributed by atoms with Gasteiger partial charge in [0, 0.05) is 22.8 Å². The van der Waals surface area contributed by atoms with Crippen LogP contribution in [0.3, 0.4) is 0 Å². The van der Waals surface area contributed by atoms with Crippen molar-refractivity contribution in [2.24, 2.45) is 5.10 Å². The highest BCUT2D eigenvalue weighted by molar-refractivity contribution is 5.86. The van der Waals surface area contributed by atoms with E-state index in [1.165, 1.54) is 18.3 Å². The second kappa shape index (κ2) is 10.3. The van der Waals surface area contributed by atoms with E-state index in [0.29, 0.717) is 22.4 Å². The predicted molar refractivity (Wildman–Crippen MR) is 114 cm³/mol. The minimum atomic E-state index is -0.524. The number of carbonyl (C=O) groups excluding carboxylic acids is 1. The Balaban J connectivity index is 1.63. The molecule has 0 unspecified atom stereocenters. The van der Waals surface area contributed by atoms with Crippen LogP contribution in [0.5, 0.6) is 5.75 Å². The van der Waals surface area contributed by atoms with Crippen LogP contribution in [0, 0.1) is 21.4 Å². The molecule has 31 heavy (non-hydrogen) atoms. The van der Waals surface area contributed by atoms with Gasteiger partial charge in [0.25, 0.3) is 5.69 Å². The van der Waals surface area contributed by atoms with Gasteiger partial charge in [0.2, 0.25) is 5.91 Å². The van der Waals surface area contributed by atoms with E-state index in [-0.39, 0.29) is 18.7 Å². The normalized spacial score (nSPS) is 10.4. The van der Waals surface area contributed by atoms with Crippen LogP contribution in [-0.2, 0) is 17.8 Å². The Labute approximate surface area is 178 Å². The van der Waals surface area contributed by atoms with Crippen molar-refractivity contribution in [3.05, 3.63) is 105 Å². The fraction of sp³-hybridized carbons (Fsp3) is 0.0870. The summed E-state index contributed by atoms with van der Waals surface area (Å²) in [6.07, 6.45) is 1.26. The first kappa shape index (κ1) is 21.2. The van der Waals surface area contributed by atoms with Crippen molar-refractivity contribution in [1.82, 2.24) is 5.43 Å². The van der Waals surface area contributed by atoms with Crippen molar-refractivity contribution in [2.45, 2.75) is 13.0 Å². The highest BCUT2D eigenvalue weighted by atomic mass is 16.6. The summed E-state index contributed by atoms with van der Waals surface area (Å²) in [5, 5.41) is 24.2. The Kier molecular flexibility index (Phi) is 7.06. The van der Waals surface area contributed by atoms with Crippen LogP contribution in [-0.4, -0.2) is 17.0 Å². The summed E-state index contributed by atoms with van der Waals surface area (Å²) >= 11 is 0. The van der Waals surface area contributed by atoms with Crippen LogP contribution in [0.1, 0.15) is 22.3 Å². The number of nitrogens with one attached hydrogen (secondary N) is 1. The SMILES string of the molecule is N#Cc1ccccc1COc1ccccc1C=NNC(=O)Cc1ccccc1[N+](=O)[O-]. The van der Waals surface area contributed by atoms with Gasteiger partial charge in [-0.25, -0.2) is 5.43 Å². The van der Waals surface area contributed by atoms with Crippen LogP contribution >= 0.6 is 0 Å². The molecule has 0 radical (unpaired) electrons. The molecule has 0 atom stereocenters. The molecule has 3 aromatic carbocycles. The molecule has 0 aliphatic rings. The Hall–Kier alpha value is -4.51. The largest absolute Gasteiger partial charge is 0.488 e. The molecular formula is C23H18N4O4. The molecule has 1 N–H and O–H groups in total. The lowest BCUT2D eigenvalue weighted by atomic mass is 10.1. The molecule has 1 amide bonds. The Morgan fingerprint density at radius 2 is 1.74 bits per heavy atom. The molecule has 0 fully saturated rings. The molecule has 0 saturated heterocycles. The first-order valence-corrected chi connectivity index (χ1v) is 9.32. The minimum Gasteiger partial charge on any atom is -0.488 e. The van der Waals surface area contributed by atoms with Crippen molar-refractivity contribution in [3.63, 3.8) is 0 Å². The van der Waals surface area contributed by atoms with E-state index in [1.807, 2.05) is 12.1 Å². The van der Waals surface area contributed by atoms with Gasteiger partial charge < -0.3 is 4.74 Å². The van der Waals surface area contributed by atoms with E-state index in [0.717, 1.165) is 5.56 Å². The zero-order valence-electron chi connectivity index (χ0n) is 16.4. The number of nitrogens with zero attached hydrogens (tertiary/aromatic N) is 3. The van der Waals surface area contributed by atoms with Gasteiger partial charge in [-0.05, 0) is 18.2 Å². The lowest BCUT2D eigenvalue weighted by Gasteiger charge is -2.10. The summed E-state index contributed by atoms with van der Waals surface area (Å²) in [5.41, 5.74) is 4.49. The molecule has 8 nitrogen and oxygen atoms in total. The van der Waals surface area contributed by atoms with Crippen LogP contribution in [0.4, 0.5) is 5.69 Å². The molecule has 0 aliphatic carbocycles. The number of nitriles is 1. The lowest BCUT2D eigenvalue weighted by Crippen LogP contribution is -2.20. The average Bonchev–Trinajstić information content (AvgIpc) is 2.78. The summed E-state index contributed by atoms with van der Waals surface area (Å²) in [7, 11) is 0. The number of nitro groups is 1. The fourth-order valence-electron chi connectivity index (χ4n) is 2.85. The van der Waals surface area contributed by atoms with E-state index in [9.17, 15) is 20.2 Å². The van der Waals surface area contributed by atoms with Crippen molar-refractivity contribution in [1.29, 1.82) is 5.26 Å². The van der Waals surface area contributed by atoms with Gasteiger partial charge >= 0.3 is 0 Å². The number of hydrazone groups is 1. The Bertz CT molecular complexity index is 1170. The highest BCUT2D eigenvalue weighted by Crippen LogP contribution is 2.19. The summed E-state index contributed by atoms with van der Waals surface area (Å²) in [4.78, 5) is 22.7. The average molecular weight is 414 g/mol. The summed E-state index contributed by atoms with van der Waals surface area (Å²) in [5.74, 6) is 0.0545.